The minimum atomic E-state index is -0.0940. The monoisotopic (exact) mass is 376 g/mol. The second-order valence-electron chi connectivity index (χ2n) is 7.21. The molecule has 2 heterocycles. The van der Waals surface area contributed by atoms with Crippen molar-refractivity contribution in [3.63, 3.8) is 0 Å². The molecule has 1 aliphatic heterocycles. The zero-order chi connectivity index (χ0) is 19.3. The van der Waals surface area contributed by atoms with Crippen LogP contribution in [0.3, 0.4) is 0 Å². The maximum absolute atomic E-state index is 12.5. The van der Waals surface area contributed by atoms with Crippen LogP contribution >= 0.6 is 11.6 Å². The Kier molecular flexibility index (Phi) is 4.20. The molecule has 0 aliphatic carbocycles. The van der Waals surface area contributed by atoms with Crippen molar-refractivity contribution in [2.45, 2.75) is 27.7 Å². The Bertz CT molecular complexity index is 1100. The van der Waals surface area contributed by atoms with Crippen molar-refractivity contribution in [3.05, 3.63) is 81.1 Å². The molecule has 27 heavy (non-hydrogen) atoms. The highest BCUT2D eigenvalue weighted by Gasteiger charge is 2.25. The van der Waals surface area contributed by atoms with E-state index in [1.807, 2.05) is 18.2 Å². The first kappa shape index (κ1) is 17.6. The van der Waals surface area contributed by atoms with E-state index in [2.05, 4.69) is 61.8 Å². The van der Waals surface area contributed by atoms with Gasteiger partial charge in [0.1, 0.15) is 0 Å². The smallest absolute Gasteiger partial charge is 0.256 e. The number of carbonyl (C=O) groups is 1. The molecular weight excluding hydrogens is 356 g/mol. The highest BCUT2D eigenvalue weighted by molar-refractivity contribution is 6.36. The molecule has 1 aliphatic rings. The van der Waals surface area contributed by atoms with E-state index in [4.69, 9.17) is 11.6 Å². The van der Waals surface area contributed by atoms with Gasteiger partial charge in [-0.25, -0.2) is 0 Å². The predicted molar refractivity (Wildman–Crippen MR) is 113 cm³/mol. The quantitative estimate of drug-likeness (QED) is 0.558. The fraction of sp³-hybridized carbons (Fsp3) is 0.174. The van der Waals surface area contributed by atoms with Gasteiger partial charge in [0, 0.05) is 33.2 Å². The molecule has 0 bridgehead atoms. The number of amides is 1. The molecule has 2 aromatic carbocycles. The van der Waals surface area contributed by atoms with Crippen LogP contribution in [0.4, 0.5) is 5.69 Å². The number of hydrogen-bond donors (Lipinski definition) is 1. The van der Waals surface area contributed by atoms with Gasteiger partial charge in [-0.2, -0.15) is 0 Å². The Balaban J connectivity index is 1.83. The van der Waals surface area contributed by atoms with E-state index in [9.17, 15) is 4.79 Å². The summed E-state index contributed by atoms with van der Waals surface area (Å²) in [6.45, 7) is 8.40. The largest absolute Gasteiger partial charge is 0.321 e. The Morgan fingerprint density at radius 3 is 2.37 bits per heavy atom. The fourth-order valence-electron chi connectivity index (χ4n) is 3.88. The van der Waals surface area contributed by atoms with E-state index in [0.29, 0.717) is 10.6 Å². The van der Waals surface area contributed by atoms with Gasteiger partial charge in [-0.3, -0.25) is 4.79 Å². The van der Waals surface area contributed by atoms with Gasteiger partial charge in [0.25, 0.3) is 5.91 Å². The fourth-order valence-corrected chi connectivity index (χ4v) is 4.05. The Hall–Kier alpha value is -2.78. The zero-order valence-electron chi connectivity index (χ0n) is 15.9. The Morgan fingerprint density at radius 2 is 1.67 bits per heavy atom. The lowest BCUT2D eigenvalue weighted by atomic mass is 10.0. The molecular formula is C23H21ClN2O. The topological polar surface area (TPSA) is 34.0 Å². The van der Waals surface area contributed by atoms with E-state index in [-0.39, 0.29) is 5.91 Å². The number of anilines is 1. The van der Waals surface area contributed by atoms with Crippen LogP contribution in [0.15, 0.2) is 42.5 Å². The summed E-state index contributed by atoms with van der Waals surface area (Å²) in [7, 11) is 0. The SMILES string of the molecule is Cc1cc(C)cc(-n2c(C)cc(/C=C3/C(=O)Nc4cc(Cl)ccc43)c2C)c1. The lowest BCUT2D eigenvalue weighted by Gasteiger charge is -2.12. The van der Waals surface area contributed by atoms with Crippen LogP contribution in [0.2, 0.25) is 5.02 Å². The number of carbonyl (C=O) groups excluding carboxylic acids is 1. The molecule has 0 saturated heterocycles. The zero-order valence-corrected chi connectivity index (χ0v) is 16.6. The van der Waals surface area contributed by atoms with Crippen LogP contribution in [-0.2, 0) is 4.79 Å². The van der Waals surface area contributed by atoms with Gasteiger partial charge in [-0.15, -0.1) is 0 Å². The molecule has 0 spiro atoms. The van der Waals surface area contributed by atoms with Crippen LogP contribution in [0.1, 0.15) is 33.6 Å². The number of fused-ring (bicyclic) bond motifs is 1. The second kappa shape index (κ2) is 6.43. The first-order valence-corrected chi connectivity index (χ1v) is 9.32. The van der Waals surface area contributed by atoms with Gasteiger partial charge in [0.15, 0.2) is 0 Å². The number of aromatic nitrogens is 1. The number of benzene rings is 2. The summed E-state index contributed by atoms with van der Waals surface area (Å²) in [6, 6.07) is 14.2. The molecule has 136 valence electrons. The number of hydrogen-bond acceptors (Lipinski definition) is 1. The van der Waals surface area contributed by atoms with Crippen molar-refractivity contribution in [1.29, 1.82) is 0 Å². The van der Waals surface area contributed by atoms with Crippen molar-refractivity contribution in [3.8, 4) is 5.69 Å². The minimum Gasteiger partial charge on any atom is -0.321 e. The summed E-state index contributed by atoms with van der Waals surface area (Å²) in [4.78, 5) is 12.5. The third-order valence-electron chi connectivity index (χ3n) is 5.00. The molecule has 3 aromatic rings. The lowest BCUT2D eigenvalue weighted by Crippen LogP contribution is -2.03. The van der Waals surface area contributed by atoms with Crippen LogP contribution in [0, 0.1) is 27.7 Å². The van der Waals surface area contributed by atoms with Crippen molar-refractivity contribution in [2.75, 3.05) is 5.32 Å². The predicted octanol–water partition coefficient (Wildman–Crippen LogP) is 5.86. The normalized spacial score (nSPS) is 14.6. The second-order valence-corrected chi connectivity index (χ2v) is 7.65. The summed E-state index contributed by atoms with van der Waals surface area (Å²) in [5, 5.41) is 3.51. The molecule has 4 heteroatoms. The number of halogens is 1. The van der Waals surface area contributed by atoms with Crippen molar-refractivity contribution in [2.24, 2.45) is 0 Å². The van der Waals surface area contributed by atoms with Gasteiger partial charge >= 0.3 is 0 Å². The Morgan fingerprint density at radius 1 is 0.963 bits per heavy atom. The van der Waals surface area contributed by atoms with Gasteiger partial charge in [0.05, 0.1) is 5.69 Å². The summed E-state index contributed by atoms with van der Waals surface area (Å²) in [5.74, 6) is -0.0940. The first-order chi connectivity index (χ1) is 12.8. The molecule has 1 N–H and O–H groups in total. The van der Waals surface area contributed by atoms with Crippen LogP contribution in [0.25, 0.3) is 17.3 Å². The molecule has 0 radical (unpaired) electrons. The number of aryl methyl sites for hydroxylation is 3. The van der Waals surface area contributed by atoms with Crippen LogP contribution in [-0.4, -0.2) is 10.5 Å². The highest BCUT2D eigenvalue weighted by Crippen LogP contribution is 2.36. The summed E-state index contributed by atoms with van der Waals surface area (Å²) >= 11 is 6.05. The molecule has 3 nitrogen and oxygen atoms in total. The number of nitrogens with one attached hydrogen (secondary N) is 1. The minimum absolute atomic E-state index is 0.0940. The van der Waals surface area contributed by atoms with Crippen LogP contribution < -0.4 is 5.32 Å². The van der Waals surface area contributed by atoms with Crippen molar-refractivity contribution in [1.82, 2.24) is 4.57 Å². The third kappa shape index (κ3) is 3.08. The summed E-state index contributed by atoms with van der Waals surface area (Å²) in [6.07, 6.45) is 1.97. The summed E-state index contributed by atoms with van der Waals surface area (Å²) < 4.78 is 2.24. The van der Waals surface area contributed by atoms with Gasteiger partial charge in [-0.05, 0) is 80.8 Å². The maximum Gasteiger partial charge on any atom is 0.256 e. The molecule has 0 saturated carbocycles. The number of nitrogens with zero attached hydrogens (tertiary/aromatic N) is 1. The average molecular weight is 377 g/mol. The van der Waals surface area contributed by atoms with Crippen molar-refractivity contribution >= 4 is 34.8 Å². The Labute approximate surface area is 164 Å². The van der Waals surface area contributed by atoms with Gasteiger partial charge in [-0.1, -0.05) is 23.7 Å². The van der Waals surface area contributed by atoms with E-state index in [1.165, 1.54) is 11.1 Å². The standard InChI is InChI=1S/C23H21ClN2O/c1-13-7-14(2)9-19(8-13)26-15(3)10-17(16(26)4)11-21-20-6-5-18(24)12-22(20)25-23(21)27/h5-12H,1-4H3,(H,25,27)/b21-11+. The molecule has 0 fully saturated rings. The molecule has 1 amide bonds. The molecule has 4 rings (SSSR count). The van der Waals surface area contributed by atoms with Gasteiger partial charge < -0.3 is 9.88 Å². The average Bonchev–Trinajstić information content (AvgIpc) is 3.03. The van der Waals surface area contributed by atoms with Crippen molar-refractivity contribution < 1.29 is 4.79 Å². The molecule has 1 aromatic heterocycles. The van der Waals surface area contributed by atoms with E-state index in [1.54, 1.807) is 6.07 Å². The number of rotatable bonds is 2. The van der Waals surface area contributed by atoms with Gasteiger partial charge in [0.2, 0.25) is 0 Å². The maximum atomic E-state index is 12.5. The molecule has 0 atom stereocenters. The van der Waals surface area contributed by atoms with E-state index < -0.39 is 0 Å². The highest BCUT2D eigenvalue weighted by atomic mass is 35.5. The summed E-state index contributed by atoms with van der Waals surface area (Å²) in [5.41, 5.74) is 9.23. The van der Waals surface area contributed by atoms with Crippen LogP contribution in [0.5, 0.6) is 0 Å². The molecule has 0 unspecified atom stereocenters. The lowest BCUT2D eigenvalue weighted by molar-refractivity contribution is -0.110. The first-order valence-electron chi connectivity index (χ1n) is 8.94. The van der Waals surface area contributed by atoms with E-state index in [0.717, 1.165) is 33.9 Å². The third-order valence-corrected chi connectivity index (χ3v) is 5.23. The van der Waals surface area contributed by atoms with E-state index >= 15 is 0 Å².